The molecule has 0 amide bonds. The molecule has 37 heavy (non-hydrogen) atoms. The number of benzene rings is 4. The van der Waals surface area contributed by atoms with Gasteiger partial charge in [-0.05, 0) is 98.9 Å². The minimum atomic E-state index is -1.15. The molecule has 0 bridgehead atoms. The number of rotatable bonds is 8. The van der Waals surface area contributed by atoms with Crippen molar-refractivity contribution >= 4 is 46.6 Å². The van der Waals surface area contributed by atoms with Crippen molar-refractivity contribution in [2.75, 3.05) is 37.2 Å². The van der Waals surface area contributed by atoms with Crippen molar-refractivity contribution in [1.29, 1.82) is 0 Å². The van der Waals surface area contributed by atoms with E-state index in [-0.39, 0.29) is 0 Å². The monoisotopic (exact) mass is 531 g/mol. The van der Waals surface area contributed by atoms with Crippen LogP contribution in [-0.2, 0) is 0 Å². The molecule has 0 saturated carbocycles. The third-order valence-electron chi connectivity index (χ3n) is 5.65. The fourth-order valence-corrected chi connectivity index (χ4v) is 6.01. The highest BCUT2D eigenvalue weighted by atomic mass is 32.1. The van der Waals surface area contributed by atoms with Gasteiger partial charge in [0, 0.05) is 11.4 Å². The van der Waals surface area contributed by atoms with Crippen LogP contribution in [0.4, 0.5) is 11.4 Å². The lowest BCUT2D eigenvalue weighted by atomic mass is 10.3. The van der Waals surface area contributed by atoms with Gasteiger partial charge in [-0.25, -0.2) is 0 Å². The van der Waals surface area contributed by atoms with Crippen molar-refractivity contribution < 1.29 is 9.47 Å². The summed E-state index contributed by atoms with van der Waals surface area (Å²) >= 11 is 5.30. The molecule has 4 rings (SSSR count). The van der Waals surface area contributed by atoms with Gasteiger partial charge in [-0.3, -0.25) is 0 Å². The van der Waals surface area contributed by atoms with Gasteiger partial charge in [0.05, 0.1) is 44.4 Å². The largest absolute Gasteiger partial charge is 0.494 e. The highest BCUT2D eigenvalue weighted by molar-refractivity contribution is 7.88. The molecule has 2 N–H and O–H groups in total. The standard InChI is InChI=1S/C17H20N2O2S.C14H16P/c1-3-20-15-9-5-13(6-10-15)18-17(22)19-14-7-11-16(12-8-14)21-4-2;1-15(2,13-9-5-3-6-10-13)14-11-7-4-8-12-14/h5-12H,3-4H2,1-2H3,(H2,18,19,22);3-12H,1-2H3/q;+1. The van der Waals surface area contributed by atoms with Crippen LogP contribution in [0.5, 0.6) is 11.5 Å². The van der Waals surface area contributed by atoms with E-state index in [0.29, 0.717) is 18.3 Å². The molecule has 0 saturated heterocycles. The number of hydrogen-bond donors (Lipinski definition) is 2. The number of thiocarbonyl (C=S) groups is 1. The Morgan fingerprint density at radius 3 is 1.27 bits per heavy atom. The van der Waals surface area contributed by atoms with Gasteiger partial charge in [-0.15, -0.1) is 0 Å². The van der Waals surface area contributed by atoms with Gasteiger partial charge in [0.2, 0.25) is 0 Å². The lowest BCUT2D eigenvalue weighted by molar-refractivity contribution is 0.340. The summed E-state index contributed by atoms with van der Waals surface area (Å²) in [6.07, 6.45) is 0. The molecule has 4 nitrogen and oxygen atoms in total. The Bertz CT molecular complexity index is 1120. The van der Waals surface area contributed by atoms with Gasteiger partial charge >= 0.3 is 0 Å². The second-order valence-electron chi connectivity index (χ2n) is 8.62. The second kappa shape index (κ2) is 14.4. The van der Waals surface area contributed by atoms with E-state index in [9.17, 15) is 0 Å². The molecule has 0 radical (unpaired) electrons. The van der Waals surface area contributed by atoms with Crippen LogP contribution in [0.3, 0.4) is 0 Å². The number of hydrogen-bond acceptors (Lipinski definition) is 3. The maximum Gasteiger partial charge on any atom is 0.175 e. The number of ether oxygens (including phenoxy) is 2. The summed E-state index contributed by atoms with van der Waals surface area (Å²) < 4.78 is 10.8. The van der Waals surface area contributed by atoms with E-state index in [2.05, 4.69) is 84.6 Å². The molecular formula is C31H36N2O2PS+. The van der Waals surface area contributed by atoms with Gasteiger partial charge in [-0.2, -0.15) is 0 Å². The van der Waals surface area contributed by atoms with E-state index >= 15 is 0 Å². The van der Waals surface area contributed by atoms with Crippen LogP contribution < -0.4 is 30.7 Å². The van der Waals surface area contributed by atoms with Crippen molar-refractivity contribution in [2.24, 2.45) is 0 Å². The fraction of sp³-hybridized carbons (Fsp3) is 0.194. The Labute approximate surface area is 227 Å². The van der Waals surface area contributed by atoms with Crippen LogP contribution >= 0.6 is 19.5 Å². The summed E-state index contributed by atoms with van der Waals surface area (Å²) in [6, 6.07) is 36.9. The van der Waals surface area contributed by atoms with Crippen LogP contribution in [0.2, 0.25) is 0 Å². The molecule has 4 aromatic rings. The molecular weight excluding hydrogens is 495 g/mol. The molecule has 6 heteroatoms. The zero-order valence-corrected chi connectivity index (χ0v) is 23.7. The molecule has 0 aromatic heterocycles. The Morgan fingerprint density at radius 1 is 0.595 bits per heavy atom. The van der Waals surface area contributed by atoms with Crippen molar-refractivity contribution in [2.45, 2.75) is 13.8 Å². The maximum atomic E-state index is 5.40. The third-order valence-corrected chi connectivity index (χ3v) is 9.03. The third kappa shape index (κ3) is 8.89. The van der Waals surface area contributed by atoms with Crippen LogP contribution in [-0.4, -0.2) is 31.7 Å². The van der Waals surface area contributed by atoms with E-state index in [1.54, 1.807) is 0 Å². The predicted octanol–water partition coefficient (Wildman–Crippen LogP) is 7.21. The van der Waals surface area contributed by atoms with E-state index in [1.807, 2.05) is 62.4 Å². The second-order valence-corrected chi connectivity index (χ2v) is 13.0. The summed E-state index contributed by atoms with van der Waals surface area (Å²) in [5, 5.41) is 9.74. The SMILES string of the molecule is CCOc1ccc(NC(=S)Nc2ccc(OCC)cc2)cc1.C[P+](C)(c1ccccc1)c1ccccc1. The predicted molar refractivity (Wildman–Crippen MR) is 166 cm³/mol. The normalized spacial score (nSPS) is 10.5. The van der Waals surface area contributed by atoms with Crippen LogP contribution in [0, 0.1) is 0 Å². The Hall–Kier alpha value is -3.40. The molecule has 0 atom stereocenters. The van der Waals surface area contributed by atoms with E-state index in [1.165, 1.54) is 10.6 Å². The van der Waals surface area contributed by atoms with Crippen molar-refractivity contribution in [3.63, 3.8) is 0 Å². The molecule has 0 fully saturated rings. The number of nitrogens with one attached hydrogen (secondary N) is 2. The lowest BCUT2D eigenvalue weighted by Gasteiger charge is -2.17. The summed E-state index contributed by atoms with van der Waals surface area (Å²) in [6.45, 7) is 9.98. The molecule has 0 aliphatic carbocycles. The topological polar surface area (TPSA) is 42.5 Å². The van der Waals surface area contributed by atoms with Crippen molar-refractivity contribution in [3.05, 3.63) is 109 Å². The maximum absolute atomic E-state index is 5.40. The summed E-state index contributed by atoms with van der Waals surface area (Å²) in [7, 11) is -1.15. The summed E-state index contributed by atoms with van der Waals surface area (Å²) in [5.41, 5.74) is 1.82. The molecule has 0 unspecified atom stereocenters. The molecule has 0 spiro atoms. The molecule has 4 aromatic carbocycles. The average molecular weight is 532 g/mol. The van der Waals surface area contributed by atoms with Gasteiger partial charge in [0.15, 0.2) is 5.11 Å². The molecule has 192 valence electrons. The average Bonchev–Trinajstić information content (AvgIpc) is 2.92. The first-order valence-corrected chi connectivity index (χ1v) is 15.5. The highest BCUT2D eigenvalue weighted by Crippen LogP contribution is 2.48. The van der Waals surface area contributed by atoms with Crippen molar-refractivity contribution in [3.8, 4) is 11.5 Å². The van der Waals surface area contributed by atoms with Crippen LogP contribution in [0.1, 0.15) is 13.8 Å². The van der Waals surface area contributed by atoms with Gasteiger partial charge in [-0.1, -0.05) is 36.4 Å². The Morgan fingerprint density at radius 2 is 0.946 bits per heavy atom. The summed E-state index contributed by atoms with van der Waals surface area (Å²) in [5.74, 6) is 1.69. The van der Waals surface area contributed by atoms with Gasteiger partial charge in [0.1, 0.15) is 11.5 Å². The lowest BCUT2D eigenvalue weighted by Crippen LogP contribution is -2.19. The Kier molecular flexibility index (Phi) is 10.9. The quantitative estimate of drug-likeness (QED) is 0.186. The van der Waals surface area contributed by atoms with E-state index in [0.717, 1.165) is 22.9 Å². The van der Waals surface area contributed by atoms with Gasteiger partial charge < -0.3 is 20.1 Å². The van der Waals surface area contributed by atoms with E-state index < -0.39 is 7.26 Å². The number of anilines is 2. The first-order chi connectivity index (χ1) is 17.9. The fourth-order valence-electron chi connectivity index (χ4n) is 3.65. The first kappa shape index (κ1) is 28.2. The van der Waals surface area contributed by atoms with E-state index in [4.69, 9.17) is 21.7 Å². The molecule has 0 aliphatic rings. The van der Waals surface area contributed by atoms with Crippen LogP contribution in [0.25, 0.3) is 0 Å². The minimum absolute atomic E-state index is 0.535. The van der Waals surface area contributed by atoms with Gasteiger partial charge in [0.25, 0.3) is 0 Å². The summed E-state index contributed by atoms with van der Waals surface area (Å²) in [4.78, 5) is 0. The minimum Gasteiger partial charge on any atom is -0.494 e. The first-order valence-electron chi connectivity index (χ1n) is 12.4. The Balaban J connectivity index is 0.000000220. The highest BCUT2D eigenvalue weighted by Gasteiger charge is 2.30. The van der Waals surface area contributed by atoms with Crippen molar-refractivity contribution in [1.82, 2.24) is 0 Å². The zero-order valence-electron chi connectivity index (χ0n) is 22.0. The zero-order chi connectivity index (χ0) is 26.5. The smallest absolute Gasteiger partial charge is 0.175 e. The molecule has 0 heterocycles. The molecule has 0 aliphatic heterocycles. The van der Waals surface area contributed by atoms with Crippen LogP contribution in [0.15, 0.2) is 109 Å².